The van der Waals surface area contributed by atoms with Crippen molar-refractivity contribution in [3.05, 3.63) is 23.8 Å². The molecule has 1 N–H and O–H groups in total. The number of nitrogens with zero attached hydrogens (tertiary/aromatic N) is 2. The average molecular weight is 264 g/mol. The Kier molecular flexibility index (Phi) is 4.66. The number of hydrogen-bond acceptors (Lipinski definition) is 4. The molecule has 1 aromatic carbocycles. The first-order chi connectivity index (χ1) is 9.17. The SMILES string of the molecule is CCN1CCN(c2cccc(OC)c2[C@H](C)O)CC1. The molecule has 0 radical (unpaired) electrons. The number of rotatable bonds is 4. The van der Waals surface area contributed by atoms with E-state index in [0.29, 0.717) is 0 Å². The normalized spacial score (nSPS) is 18.4. The lowest BCUT2D eigenvalue weighted by atomic mass is 10.0. The van der Waals surface area contributed by atoms with Crippen LogP contribution in [-0.2, 0) is 0 Å². The van der Waals surface area contributed by atoms with Crippen molar-refractivity contribution in [1.29, 1.82) is 0 Å². The molecule has 1 aliphatic rings. The second-order valence-electron chi connectivity index (χ2n) is 4.99. The summed E-state index contributed by atoms with van der Waals surface area (Å²) in [6.07, 6.45) is -0.518. The number of benzene rings is 1. The van der Waals surface area contributed by atoms with Crippen molar-refractivity contribution in [1.82, 2.24) is 4.90 Å². The van der Waals surface area contributed by atoms with Crippen LogP contribution in [0.25, 0.3) is 0 Å². The first-order valence-electron chi connectivity index (χ1n) is 6.99. The summed E-state index contributed by atoms with van der Waals surface area (Å²) in [5, 5.41) is 10.0. The standard InChI is InChI=1S/C15H24N2O2/c1-4-16-8-10-17(11-9-16)13-6-5-7-14(19-3)15(13)12(2)18/h5-7,12,18H,4,8-11H2,1-3H3/t12-/m0/s1. The first-order valence-corrected chi connectivity index (χ1v) is 6.99. The number of ether oxygens (including phenoxy) is 1. The summed E-state index contributed by atoms with van der Waals surface area (Å²) >= 11 is 0. The van der Waals surface area contributed by atoms with Gasteiger partial charge >= 0.3 is 0 Å². The van der Waals surface area contributed by atoms with Crippen LogP contribution < -0.4 is 9.64 Å². The fourth-order valence-electron chi connectivity index (χ4n) is 2.71. The molecule has 0 amide bonds. The fourth-order valence-corrected chi connectivity index (χ4v) is 2.71. The minimum absolute atomic E-state index is 0.518. The third kappa shape index (κ3) is 3.01. The molecule has 1 aliphatic heterocycles. The molecule has 1 fully saturated rings. The van der Waals surface area contributed by atoms with E-state index in [1.54, 1.807) is 14.0 Å². The van der Waals surface area contributed by atoms with Crippen LogP contribution in [-0.4, -0.2) is 49.8 Å². The minimum atomic E-state index is -0.518. The summed E-state index contributed by atoms with van der Waals surface area (Å²) in [5.41, 5.74) is 2.00. The number of hydrogen-bond donors (Lipinski definition) is 1. The van der Waals surface area contributed by atoms with Crippen molar-refractivity contribution in [2.75, 3.05) is 44.7 Å². The van der Waals surface area contributed by atoms with E-state index < -0.39 is 6.10 Å². The van der Waals surface area contributed by atoms with E-state index in [1.165, 1.54) is 0 Å². The van der Waals surface area contributed by atoms with Crippen molar-refractivity contribution >= 4 is 5.69 Å². The lowest BCUT2D eigenvalue weighted by Gasteiger charge is -2.37. The molecule has 1 atom stereocenters. The van der Waals surface area contributed by atoms with E-state index in [1.807, 2.05) is 12.1 Å². The molecule has 2 rings (SSSR count). The maximum absolute atomic E-state index is 10.0. The molecule has 4 heteroatoms. The van der Waals surface area contributed by atoms with Gasteiger partial charge in [0.2, 0.25) is 0 Å². The summed E-state index contributed by atoms with van der Waals surface area (Å²) < 4.78 is 5.38. The van der Waals surface area contributed by atoms with Crippen LogP contribution in [0.4, 0.5) is 5.69 Å². The number of aliphatic hydroxyl groups excluding tert-OH is 1. The maximum Gasteiger partial charge on any atom is 0.126 e. The molecule has 1 saturated heterocycles. The van der Waals surface area contributed by atoms with Crippen molar-refractivity contribution in [3.8, 4) is 5.75 Å². The van der Waals surface area contributed by atoms with Gasteiger partial charge in [0.25, 0.3) is 0 Å². The molecule has 19 heavy (non-hydrogen) atoms. The highest BCUT2D eigenvalue weighted by Crippen LogP contribution is 2.34. The Bertz CT molecular complexity index is 413. The molecular formula is C15H24N2O2. The van der Waals surface area contributed by atoms with E-state index >= 15 is 0 Å². The molecule has 1 heterocycles. The van der Waals surface area contributed by atoms with Gasteiger partial charge in [0.05, 0.1) is 13.2 Å². The average Bonchev–Trinajstić information content (AvgIpc) is 2.46. The predicted octanol–water partition coefficient (Wildman–Crippen LogP) is 1.89. The van der Waals surface area contributed by atoms with Gasteiger partial charge in [0.15, 0.2) is 0 Å². The molecule has 0 spiro atoms. The molecule has 4 nitrogen and oxygen atoms in total. The Hall–Kier alpha value is -1.26. The lowest BCUT2D eigenvalue weighted by Crippen LogP contribution is -2.46. The Morgan fingerprint density at radius 1 is 1.26 bits per heavy atom. The molecule has 1 aromatic rings. The van der Waals surface area contributed by atoms with E-state index in [-0.39, 0.29) is 0 Å². The Balaban J connectivity index is 2.25. The summed E-state index contributed by atoms with van der Waals surface area (Å²) in [4.78, 5) is 4.79. The fraction of sp³-hybridized carbons (Fsp3) is 0.600. The summed E-state index contributed by atoms with van der Waals surface area (Å²) in [6, 6.07) is 5.98. The number of likely N-dealkylation sites (N-methyl/N-ethyl adjacent to an activating group) is 1. The zero-order valence-electron chi connectivity index (χ0n) is 12.1. The van der Waals surface area contributed by atoms with Gasteiger partial charge in [-0.25, -0.2) is 0 Å². The molecule has 0 aliphatic carbocycles. The quantitative estimate of drug-likeness (QED) is 0.901. The molecule has 0 saturated carbocycles. The summed E-state index contributed by atoms with van der Waals surface area (Å²) in [6.45, 7) is 9.25. The zero-order valence-corrected chi connectivity index (χ0v) is 12.1. The van der Waals surface area contributed by atoms with Crippen LogP contribution in [0, 0.1) is 0 Å². The van der Waals surface area contributed by atoms with Gasteiger partial charge < -0.3 is 19.6 Å². The third-order valence-electron chi connectivity index (χ3n) is 3.84. The number of aliphatic hydroxyl groups is 1. The topological polar surface area (TPSA) is 35.9 Å². The monoisotopic (exact) mass is 264 g/mol. The Morgan fingerprint density at radius 3 is 2.47 bits per heavy atom. The van der Waals surface area contributed by atoms with Gasteiger partial charge in [-0.2, -0.15) is 0 Å². The highest BCUT2D eigenvalue weighted by Gasteiger charge is 2.22. The highest BCUT2D eigenvalue weighted by atomic mass is 16.5. The van der Waals surface area contributed by atoms with E-state index in [4.69, 9.17) is 4.74 Å². The van der Waals surface area contributed by atoms with Crippen molar-refractivity contribution < 1.29 is 9.84 Å². The smallest absolute Gasteiger partial charge is 0.126 e. The predicted molar refractivity (Wildman–Crippen MR) is 78.0 cm³/mol. The molecular weight excluding hydrogens is 240 g/mol. The van der Waals surface area contributed by atoms with Gasteiger partial charge in [-0.15, -0.1) is 0 Å². The van der Waals surface area contributed by atoms with E-state index in [0.717, 1.165) is 49.7 Å². The lowest BCUT2D eigenvalue weighted by molar-refractivity contribution is 0.194. The van der Waals surface area contributed by atoms with Gasteiger partial charge in [-0.1, -0.05) is 13.0 Å². The van der Waals surface area contributed by atoms with E-state index in [2.05, 4.69) is 22.8 Å². The van der Waals surface area contributed by atoms with Gasteiger partial charge in [0, 0.05) is 37.4 Å². The zero-order chi connectivity index (χ0) is 13.8. The second-order valence-corrected chi connectivity index (χ2v) is 4.99. The molecule has 0 unspecified atom stereocenters. The van der Waals surface area contributed by atoms with Crippen LogP contribution in [0.15, 0.2) is 18.2 Å². The Morgan fingerprint density at radius 2 is 1.95 bits per heavy atom. The molecule has 0 aromatic heterocycles. The molecule has 106 valence electrons. The van der Waals surface area contributed by atoms with Gasteiger partial charge in [-0.05, 0) is 25.6 Å². The Labute approximate surface area is 115 Å². The number of piperazine rings is 1. The van der Waals surface area contributed by atoms with Gasteiger partial charge in [-0.3, -0.25) is 0 Å². The maximum atomic E-state index is 10.0. The van der Waals surface area contributed by atoms with Crippen LogP contribution in [0.3, 0.4) is 0 Å². The summed E-state index contributed by atoms with van der Waals surface area (Å²) in [7, 11) is 1.65. The first kappa shape index (κ1) is 14.2. The molecule has 0 bridgehead atoms. The summed E-state index contributed by atoms with van der Waals surface area (Å²) in [5.74, 6) is 0.769. The van der Waals surface area contributed by atoms with Crippen LogP contribution in [0.2, 0.25) is 0 Å². The van der Waals surface area contributed by atoms with Crippen molar-refractivity contribution in [2.45, 2.75) is 20.0 Å². The third-order valence-corrected chi connectivity index (χ3v) is 3.84. The van der Waals surface area contributed by atoms with Gasteiger partial charge in [0.1, 0.15) is 5.75 Å². The largest absolute Gasteiger partial charge is 0.496 e. The van der Waals surface area contributed by atoms with Crippen LogP contribution in [0.1, 0.15) is 25.5 Å². The van der Waals surface area contributed by atoms with Crippen LogP contribution in [0.5, 0.6) is 5.75 Å². The second kappa shape index (κ2) is 6.26. The number of methoxy groups -OCH3 is 1. The van der Waals surface area contributed by atoms with E-state index in [9.17, 15) is 5.11 Å². The van der Waals surface area contributed by atoms with Crippen molar-refractivity contribution in [3.63, 3.8) is 0 Å². The van der Waals surface area contributed by atoms with Crippen molar-refractivity contribution in [2.24, 2.45) is 0 Å². The number of anilines is 1. The van der Waals surface area contributed by atoms with Crippen LogP contribution >= 0.6 is 0 Å². The highest BCUT2D eigenvalue weighted by molar-refractivity contribution is 5.60. The minimum Gasteiger partial charge on any atom is -0.496 e.